The fourth-order valence-corrected chi connectivity index (χ4v) is 9.42. The minimum Gasteiger partial charge on any atom is -0.458 e. The number of ether oxygens (including phenoxy) is 1. The van der Waals surface area contributed by atoms with Crippen LogP contribution in [-0.4, -0.2) is 15.8 Å². The van der Waals surface area contributed by atoms with Crippen LogP contribution in [0.5, 0.6) is 11.5 Å². The van der Waals surface area contributed by atoms with Crippen LogP contribution in [0.4, 0.5) is 0 Å². The Labute approximate surface area is 324 Å². The summed E-state index contributed by atoms with van der Waals surface area (Å²) in [5.74, 6) is 1.82. The Kier molecular flexibility index (Phi) is 6.72. The van der Waals surface area contributed by atoms with Gasteiger partial charge in [0.25, 0.3) is 6.71 Å². The summed E-state index contributed by atoms with van der Waals surface area (Å²) >= 11 is 0. The summed E-state index contributed by atoms with van der Waals surface area (Å²) in [6.45, 7) is 0.104. The lowest BCUT2D eigenvalue weighted by Crippen LogP contribution is -2.54. The van der Waals surface area contributed by atoms with Gasteiger partial charge in [0.1, 0.15) is 11.5 Å². The minimum absolute atomic E-state index is 0.104. The van der Waals surface area contributed by atoms with Crippen LogP contribution in [0.3, 0.4) is 0 Å². The van der Waals surface area contributed by atoms with Crippen molar-refractivity contribution >= 4 is 77.5 Å². The van der Waals surface area contributed by atoms with E-state index in [1.807, 2.05) is 0 Å². The Hall–Kier alpha value is -7.30. The average molecular weight is 713 g/mol. The molecule has 3 heterocycles. The Morgan fingerprint density at radius 2 is 0.946 bits per heavy atom. The highest BCUT2D eigenvalue weighted by molar-refractivity contribution is 6.96. The molecule has 0 amide bonds. The third kappa shape index (κ3) is 4.53. The molecule has 0 radical (unpaired) electrons. The predicted molar refractivity (Wildman–Crippen MR) is 236 cm³/mol. The molecular formula is C52H33BN2O. The van der Waals surface area contributed by atoms with Gasteiger partial charge in [0.05, 0.1) is 27.8 Å². The molecule has 12 rings (SSSR count). The Balaban J connectivity index is 1.07. The summed E-state index contributed by atoms with van der Waals surface area (Å²) in [5.41, 5.74) is 13.1. The summed E-state index contributed by atoms with van der Waals surface area (Å²) in [7, 11) is 0. The number of hydrogen-bond acceptors (Lipinski definition) is 1. The van der Waals surface area contributed by atoms with E-state index in [-0.39, 0.29) is 6.71 Å². The highest BCUT2D eigenvalue weighted by Crippen LogP contribution is 2.42. The van der Waals surface area contributed by atoms with Gasteiger partial charge in [-0.3, -0.25) is 0 Å². The molecule has 4 heteroatoms. The number of hydrogen-bond donors (Lipinski definition) is 0. The second-order valence-electron chi connectivity index (χ2n) is 14.8. The van der Waals surface area contributed by atoms with Crippen LogP contribution in [-0.2, 0) is 0 Å². The molecule has 1 aliphatic heterocycles. The van der Waals surface area contributed by atoms with E-state index in [9.17, 15) is 0 Å². The smallest absolute Gasteiger partial charge is 0.250 e. The first-order chi connectivity index (χ1) is 27.8. The summed E-state index contributed by atoms with van der Waals surface area (Å²) in [5, 5.41) is 7.37. The molecule has 11 aromatic rings. The number of fused-ring (bicyclic) bond motifs is 9. The van der Waals surface area contributed by atoms with Crippen LogP contribution in [0.15, 0.2) is 200 Å². The minimum atomic E-state index is 0.104. The number of nitrogens with zero attached hydrogens (tertiary/aromatic N) is 2. The van der Waals surface area contributed by atoms with Gasteiger partial charge < -0.3 is 13.9 Å². The Bertz CT molecular complexity index is 3340. The van der Waals surface area contributed by atoms with Gasteiger partial charge in [-0.05, 0) is 82.0 Å². The van der Waals surface area contributed by atoms with Gasteiger partial charge in [-0.15, -0.1) is 0 Å². The molecule has 0 saturated heterocycles. The van der Waals surface area contributed by atoms with E-state index in [2.05, 4.69) is 209 Å². The quantitative estimate of drug-likeness (QED) is 0.166. The van der Waals surface area contributed by atoms with Gasteiger partial charge in [0.2, 0.25) is 0 Å². The highest BCUT2D eigenvalue weighted by Gasteiger charge is 2.32. The predicted octanol–water partition coefficient (Wildman–Crippen LogP) is 11.3. The summed E-state index contributed by atoms with van der Waals surface area (Å²) in [4.78, 5) is 0. The van der Waals surface area contributed by atoms with Crippen LogP contribution in [0.25, 0.3) is 76.9 Å². The second-order valence-corrected chi connectivity index (χ2v) is 14.8. The highest BCUT2D eigenvalue weighted by atomic mass is 16.5. The molecule has 9 aromatic carbocycles. The number of benzene rings is 9. The third-order valence-corrected chi connectivity index (χ3v) is 11.8. The normalized spacial score (nSPS) is 12.4. The van der Waals surface area contributed by atoms with Crippen LogP contribution in [0.2, 0.25) is 0 Å². The van der Waals surface area contributed by atoms with E-state index in [0.29, 0.717) is 0 Å². The second kappa shape index (κ2) is 12.1. The molecule has 0 unspecified atom stereocenters. The zero-order chi connectivity index (χ0) is 36.7. The molecule has 0 spiro atoms. The van der Waals surface area contributed by atoms with Gasteiger partial charge in [-0.2, -0.15) is 0 Å². The molecule has 0 atom stereocenters. The molecule has 56 heavy (non-hydrogen) atoms. The van der Waals surface area contributed by atoms with Gasteiger partial charge >= 0.3 is 0 Å². The topological polar surface area (TPSA) is 19.1 Å². The molecular weight excluding hydrogens is 679 g/mol. The van der Waals surface area contributed by atoms with Crippen molar-refractivity contribution in [1.82, 2.24) is 9.13 Å². The van der Waals surface area contributed by atoms with E-state index in [1.165, 1.54) is 76.3 Å². The third-order valence-electron chi connectivity index (χ3n) is 11.8. The van der Waals surface area contributed by atoms with Crippen molar-refractivity contribution in [3.05, 3.63) is 200 Å². The van der Waals surface area contributed by atoms with Crippen molar-refractivity contribution in [2.45, 2.75) is 0 Å². The Morgan fingerprint density at radius 3 is 1.73 bits per heavy atom. The van der Waals surface area contributed by atoms with E-state index in [0.717, 1.165) is 28.4 Å². The fraction of sp³-hybridized carbons (Fsp3) is 0. The van der Waals surface area contributed by atoms with Crippen LogP contribution in [0.1, 0.15) is 0 Å². The molecule has 3 nitrogen and oxygen atoms in total. The van der Waals surface area contributed by atoms with Crippen molar-refractivity contribution in [3.63, 3.8) is 0 Å². The van der Waals surface area contributed by atoms with Crippen LogP contribution < -0.4 is 21.1 Å². The van der Waals surface area contributed by atoms with Crippen LogP contribution in [0, 0.1) is 0 Å². The van der Waals surface area contributed by atoms with Crippen molar-refractivity contribution < 1.29 is 4.74 Å². The van der Waals surface area contributed by atoms with E-state index in [1.54, 1.807) is 0 Å². The van der Waals surface area contributed by atoms with Crippen molar-refractivity contribution in [2.24, 2.45) is 0 Å². The Morgan fingerprint density at radius 1 is 0.357 bits per heavy atom. The number of para-hydroxylation sites is 4. The maximum absolute atomic E-state index is 6.67. The van der Waals surface area contributed by atoms with Gasteiger partial charge in [0.15, 0.2) is 0 Å². The van der Waals surface area contributed by atoms with E-state index < -0.39 is 0 Å². The largest absolute Gasteiger partial charge is 0.458 e. The zero-order valence-corrected chi connectivity index (χ0v) is 30.4. The molecule has 1 aliphatic rings. The average Bonchev–Trinajstić information content (AvgIpc) is 3.76. The molecule has 2 aromatic heterocycles. The molecule has 0 N–H and O–H groups in total. The fourth-order valence-electron chi connectivity index (χ4n) is 9.42. The SMILES string of the molecule is c1ccc(B2c3ccccc3Oc3cc(-c4cccc5c(-n6c7ccccc7c7cc8c(cc76)c6ccccc6n8-c6ccccc6)cccc45)ccc32)cc1. The van der Waals surface area contributed by atoms with E-state index >= 15 is 0 Å². The molecule has 0 saturated carbocycles. The maximum atomic E-state index is 6.67. The first kappa shape index (κ1) is 31.1. The van der Waals surface area contributed by atoms with Gasteiger partial charge in [-0.25, -0.2) is 0 Å². The van der Waals surface area contributed by atoms with E-state index in [4.69, 9.17) is 4.74 Å². The molecule has 0 bridgehead atoms. The number of rotatable bonds is 4. The van der Waals surface area contributed by atoms with Gasteiger partial charge in [-0.1, -0.05) is 151 Å². The van der Waals surface area contributed by atoms with Crippen LogP contribution >= 0.6 is 0 Å². The lowest BCUT2D eigenvalue weighted by Gasteiger charge is -2.27. The van der Waals surface area contributed by atoms with Crippen molar-refractivity contribution in [1.29, 1.82) is 0 Å². The molecule has 0 fully saturated rings. The van der Waals surface area contributed by atoms with Crippen molar-refractivity contribution in [3.8, 4) is 34.0 Å². The lowest BCUT2D eigenvalue weighted by atomic mass is 9.36. The molecule has 0 aliphatic carbocycles. The first-order valence-electron chi connectivity index (χ1n) is 19.3. The standard InChI is InChI=1S/C52H33BN2O/c1-3-15-35(16-4-1)53-44-24-9-12-28-51(44)56-52-31-34(29-30-45(52)53)37-21-13-23-39-38(37)22-14-27-48(39)55-47-26-11-8-20-41(47)43-32-49-42(33-50(43)55)40-19-7-10-25-46(40)54(49)36-17-5-2-6-18-36/h1-33H. The zero-order valence-electron chi connectivity index (χ0n) is 30.4. The summed E-state index contributed by atoms with van der Waals surface area (Å²) in [6, 6.07) is 72.6. The summed E-state index contributed by atoms with van der Waals surface area (Å²) in [6.07, 6.45) is 0. The summed E-state index contributed by atoms with van der Waals surface area (Å²) < 4.78 is 11.6. The monoisotopic (exact) mass is 712 g/mol. The van der Waals surface area contributed by atoms with Crippen molar-refractivity contribution in [2.75, 3.05) is 0 Å². The first-order valence-corrected chi connectivity index (χ1v) is 19.3. The number of aromatic nitrogens is 2. The van der Waals surface area contributed by atoms with Gasteiger partial charge in [0, 0.05) is 32.6 Å². The lowest BCUT2D eigenvalue weighted by molar-refractivity contribution is 0.487. The molecule has 260 valence electrons. The maximum Gasteiger partial charge on any atom is 0.250 e.